The van der Waals surface area contributed by atoms with Crippen molar-refractivity contribution in [2.45, 2.75) is 18.6 Å². The van der Waals surface area contributed by atoms with E-state index < -0.39 is 0 Å². The molecule has 0 bridgehead atoms. The van der Waals surface area contributed by atoms with Crippen LogP contribution in [0.25, 0.3) is 0 Å². The van der Waals surface area contributed by atoms with Crippen LogP contribution >= 0.6 is 50.4 Å². The minimum atomic E-state index is 0.0515. The first-order valence-corrected chi connectivity index (χ1v) is 9.72. The van der Waals surface area contributed by atoms with Crippen LogP contribution in [0.5, 0.6) is 0 Å². The van der Waals surface area contributed by atoms with Gasteiger partial charge in [0, 0.05) is 5.38 Å². The molecule has 0 aliphatic rings. The van der Waals surface area contributed by atoms with Crippen molar-refractivity contribution in [3.05, 3.63) is 42.8 Å². The molecular formula is C13H10BrN3O2S3. The van der Waals surface area contributed by atoms with Crippen LogP contribution in [0.3, 0.4) is 0 Å². The second kappa shape index (κ2) is 7.03. The third-order valence-electron chi connectivity index (χ3n) is 2.62. The lowest BCUT2D eigenvalue weighted by atomic mass is 10.3. The third-order valence-corrected chi connectivity index (χ3v) is 5.93. The molecule has 3 rings (SSSR count). The van der Waals surface area contributed by atoms with E-state index in [0.717, 1.165) is 19.4 Å². The standard InChI is InChI=1S/C13H10BrN3O2S3/c1-7-15-8(5-20-7)4-12-16-17-13(19-12)21-6-9(18)10-2-3-11(14)22-10/h2-3,5H,4,6H2,1H3. The smallest absolute Gasteiger partial charge is 0.277 e. The molecule has 0 spiro atoms. The minimum Gasteiger partial charge on any atom is -0.416 e. The fourth-order valence-corrected chi connectivity index (χ4v) is 4.37. The van der Waals surface area contributed by atoms with Gasteiger partial charge in [-0.15, -0.1) is 32.9 Å². The van der Waals surface area contributed by atoms with E-state index in [1.54, 1.807) is 11.3 Å². The largest absolute Gasteiger partial charge is 0.416 e. The topological polar surface area (TPSA) is 68.9 Å². The van der Waals surface area contributed by atoms with Crippen molar-refractivity contribution in [1.29, 1.82) is 0 Å². The summed E-state index contributed by atoms with van der Waals surface area (Å²) in [4.78, 5) is 17.1. The Bertz CT molecular complexity index is 796. The molecular weight excluding hydrogens is 406 g/mol. The fourth-order valence-electron chi connectivity index (χ4n) is 1.67. The van der Waals surface area contributed by atoms with E-state index in [-0.39, 0.29) is 11.5 Å². The summed E-state index contributed by atoms with van der Waals surface area (Å²) in [6.45, 7) is 1.96. The van der Waals surface area contributed by atoms with Crippen LogP contribution in [0.15, 0.2) is 30.9 Å². The molecule has 0 saturated carbocycles. The molecule has 0 aliphatic heterocycles. The van der Waals surface area contributed by atoms with E-state index in [4.69, 9.17) is 4.42 Å². The Labute approximate surface area is 147 Å². The summed E-state index contributed by atoms with van der Waals surface area (Å²) in [7, 11) is 0. The van der Waals surface area contributed by atoms with Crippen LogP contribution in [0.1, 0.15) is 26.3 Å². The van der Waals surface area contributed by atoms with Crippen LogP contribution in [0.2, 0.25) is 0 Å². The van der Waals surface area contributed by atoms with Crippen molar-refractivity contribution in [3.8, 4) is 0 Å². The average molecular weight is 416 g/mol. The predicted octanol–water partition coefficient (Wildman–Crippen LogP) is 4.22. The second-order valence-corrected chi connectivity index (χ2v) is 8.76. The highest BCUT2D eigenvalue weighted by Gasteiger charge is 2.13. The Morgan fingerprint density at radius 2 is 2.27 bits per heavy atom. The maximum Gasteiger partial charge on any atom is 0.277 e. The highest BCUT2D eigenvalue weighted by atomic mass is 79.9. The van der Waals surface area contributed by atoms with Gasteiger partial charge in [-0.3, -0.25) is 4.79 Å². The first-order chi connectivity index (χ1) is 10.6. The molecule has 0 N–H and O–H groups in total. The zero-order chi connectivity index (χ0) is 15.5. The lowest BCUT2D eigenvalue weighted by Crippen LogP contribution is -1.99. The number of hydrogen-bond acceptors (Lipinski definition) is 8. The van der Waals surface area contributed by atoms with Crippen molar-refractivity contribution >= 4 is 56.1 Å². The van der Waals surface area contributed by atoms with Crippen LogP contribution in [-0.2, 0) is 6.42 Å². The Morgan fingerprint density at radius 1 is 1.41 bits per heavy atom. The Kier molecular flexibility index (Phi) is 5.07. The maximum atomic E-state index is 12.0. The number of Topliss-reactive ketones (excluding diaryl/α,β-unsaturated/α-hetero) is 1. The number of thiazole rings is 1. The summed E-state index contributed by atoms with van der Waals surface area (Å²) in [5.74, 6) is 0.847. The molecule has 3 aromatic heterocycles. The Morgan fingerprint density at radius 3 is 2.95 bits per heavy atom. The average Bonchev–Trinajstić information content (AvgIpc) is 3.19. The molecule has 0 aliphatic carbocycles. The van der Waals surface area contributed by atoms with E-state index in [9.17, 15) is 4.79 Å². The molecule has 0 radical (unpaired) electrons. The predicted molar refractivity (Wildman–Crippen MR) is 91.0 cm³/mol. The monoisotopic (exact) mass is 415 g/mol. The van der Waals surface area contributed by atoms with Gasteiger partial charge in [0.2, 0.25) is 5.89 Å². The van der Waals surface area contributed by atoms with E-state index >= 15 is 0 Å². The van der Waals surface area contributed by atoms with Gasteiger partial charge >= 0.3 is 0 Å². The minimum absolute atomic E-state index is 0.0515. The first-order valence-electron chi connectivity index (χ1n) is 6.25. The fraction of sp³-hybridized carbons (Fsp3) is 0.231. The van der Waals surface area contributed by atoms with Crippen LogP contribution in [0, 0.1) is 6.92 Å². The molecule has 3 heterocycles. The molecule has 5 nitrogen and oxygen atoms in total. The molecule has 0 fully saturated rings. The number of rotatable bonds is 6. The van der Waals surface area contributed by atoms with E-state index in [1.807, 2.05) is 24.4 Å². The summed E-state index contributed by atoms with van der Waals surface area (Å²) in [5.41, 5.74) is 0.919. The number of aromatic nitrogens is 3. The Hall–Kier alpha value is -1.03. The molecule has 0 saturated heterocycles. The van der Waals surface area contributed by atoms with Gasteiger partial charge in [-0.2, -0.15) is 0 Å². The van der Waals surface area contributed by atoms with Crippen molar-refractivity contribution < 1.29 is 9.21 Å². The van der Waals surface area contributed by atoms with Crippen molar-refractivity contribution in [1.82, 2.24) is 15.2 Å². The van der Waals surface area contributed by atoms with E-state index in [2.05, 4.69) is 31.1 Å². The molecule has 0 unspecified atom stereocenters. The number of carbonyl (C=O) groups excluding carboxylic acids is 1. The number of thioether (sulfide) groups is 1. The molecule has 0 atom stereocenters. The summed E-state index contributed by atoms with van der Waals surface area (Å²) >= 11 is 7.61. The molecule has 9 heteroatoms. The summed E-state index contributed by atoms with van der Waals surface area (Å²) in [5, 5.41) is 11.3. The number of carbonyl (C=O) groups is 1. The van der Waals surface area contributed by atoms with Crippen LogP contribution in [0.4, 0.5) is 0 Å². The summed E-state index contributed by atoms with van der Waals surface area (Å²) in [6.07, 6.45) is 0.518. The van der Waals surface area contributed by atoms with Crippen molar-refractivity contribution in [3.63, 3.8) is 0 Å². The molecule has 0 aromatic carbocycles. The van der Waals surface area contributed by atoms with Crippen molar-refractivity contribution in [2.75, 3.05) is 5.75 Å². The SMILES string of the molecule is Cc1nc(Cc2nnc(SCC(=O)c3ccc(Br)s3)o2)cs1. The number of hydrogen-bond donors (Lipinski definition) is 0. The number of aryl methyl sites for hydroxylation is 1. The van der Waals surface area contributed by atoms with Gasteiger partial charge < -0.3 is 4.42 Å². The highest BCUT2D eigenvalue weighted by Crippen LogP contribution is 2.25. The van der Waals surface area contributed by atoms with Gasteiger partial charge in [0.15, 0.2) is 5.78 Å². The van der Waals surface area contributed by atoms with Gasteiger partial charge in [-0.25, -0.2) is 4.98 Å². The number of nitrogens with zero attached hydrogens (tertiary/aromatic N) is 3. The van der Waals surface area contributed by atoms with Crippen LogP contribution in [-0.4, -0.2) is 26.7 Å². The van der Waals surface area contributed by atoms with Gasteiger partial charge in [0.05, 0.1) is 31.5 Å². The van der Waals surface area contributed by atoms with Gasteiger partial charge in [-0.05, 0) is 35.0 Å². The lowest BCUT2D eigenvalue weighted by molar-refractivity contribution is 0.102. The molecule has 114 valence electrons. The van der Waals surface area contributed by atoms with Gasteiger partial charge in [0.1, 0.15) is 0 Å². The zero-order valence-electron chi connectivity index (χ0n) is 11.4. The van der Waals surface area contributed by atoms with Gasteiger partial charge in [-0.1, -0.05) is 11.8 Å². The van der Waals surface area contributed by atoms with Crippen molar-refractivity contribution in [2.24, 2.45) is 0 Å². The molecule has 0 amide bonds. The zero-order valence-corrected chi connectivity index (χ0v) is 15.4. The quantitative estimate of drug-likeness (QED) is 0.443. The normalized spacial score (nSPS) is 11.0. The number of thiophene rings is 1. The number of halogens is 1. The third kappa shape index (κ3) is 4.03. The Balaban J connectivity index is 1.56. The molecule has 22 heavy (non-hydrogen) atoms. The summed E-state index contributed by atoms with van der Waals surface area (Å²) in [6, 6.07) is 3.67. The maximum absolute atomic E-state index is 12.0. The lowest BCUT2D eigenvalue weighted by Gasteiger charge is -1.94. The highest BCUT2D eigenvalue weighted by molar-refractivity contribution is 9.11. The van der Waals surface area contributed by atoms with E-state index in [1.165, 1.54) is 23.1 Å². The number of ketones is 1. The first kappa shape index (κ1) is 15.9. The van der Waals surface area contributed by atoms with E-state index in [0.29, 0.717) is 17.5 Å². The second-order valence-electron chi connectivity index (χ2n) is 4.31. The van der Waals surface area contributed by atoms with Crippen LogP contribution < -0.4 is 0 Å². The van der Waals surface area contributed by atoms with Gasteiger partial charge in [0.25, 0.3) is 5.22 Å². The molecule has 3 aromatic rings. The summed E-state index contributed by atoms with van der Waals surface area (Å²) < 4.78 is 6.48.